The molecule has 1 aromatic heterocycles. The number of ether oxygens (including phenoxy) is 2. The summed E-state index contributed by atoms with van der Waals surface area (Å²) >= 11 is 0. The first-order valence-electron chi connectivity index (χ1n) is 12.3. The van der Waals surface area contributed by atoms with Crippen LogP contribution in [-0.4, -0.2) is 34.2 Å². The third-order valence-electron chi connectivity index (χ3n) is 7.23. The molecule has 182 valence electrons. The first-order chi connectivity index (χ1) is 16.1. The minimum atomic E-state index is -0.956. The van der Waals surface area contributed by atoms with Crippen molar-refractivity contribution in [3.63, 3.8) is 0 Å². The zero-order valence-corrected chi connectivity index (χ0v) is 21.3. The fourth-order valence-corrected chi connectivity index (χ4v) is 4.41. The van der Waals surface area contributed by atoms with E-state index < -0.39 is 5.60 Å². The van der Waals surface area contributed by atoms with Gasteiger partial charge in [0.1, 0.15) is 11.4 Å². The quantitative estimate of drug-likeness (QED) is 0.458. The van der Waals surface area contributed by atoms with Gasteiger partial charge in [-0.05, 0) is 75.3 Å². The minimum Gasteiger partial charge on any atom is -0.497 e. The first-order valence-corrected chi connectivity index (χ1v) is 12.3. The minimum absolute atomic E-state index is 0.105. The SMILES string of the molecule is COc1ccc(-n2nc(C3(O)CCC(OC(C)C(C)(C)C)CC3)cc2-c2ccc(C)cc2)cc1. The molecule has 2 aromatic carbocycles. The molecule has 0 saturated heterocycles. The van der Waals surface area contributed by atoms with Crippen LogP contribution in [-0.2, 0) is 10.3 Å². The molecule has 34 heavy (non-hydrogen) atoms. The lowest BCUT2D eigenvalue weighted by Crippen LogP contribution is -2.38. The Labute approximate surface area is 203 Å². The molecule has 1 aliphatic carbocycles. The lowest BCUT2D eigenvalue weighted by molar-refractivity contribution is -0.105. The Kier molecular flexibility index (Phi) is 6.88. The standard InChI is InChI=1S/C29H38N2O3/c1-20-7-9-22(10-8-20)26-19-27(30-31(26)23-11-13-24(33-6)14-12-23)29(32)17-15-25(16-18-29)34-21(2)28(3,4)5/h7-14,19,21,25,32H,15-18H2,1-6H3. The van der Waals surface area contributed by atoms with Crippen LogP contribution in [0.5, 0.6) is 5.75 Å². The Morgan fingerprint density at radius 2 is 1.65 bits per heavy atom. The van der Waals surface area contributed by atoms with Crippen LogP contribution in [0.4, 0.5) is 0 Å². The summed E-state index contributed by atoms with van der Waals surface area (Å²) in [6, 6.07) is 18.3. The molecule has 0 bridgehead atoms. The number of aromatic nitrogens is 2. The van der Waals surface area contributed by atoms with Crippen molar-refractivity contribution in [3.8, 4) is 22.7 Å². The number of aryl methyl sites for hydroxylation is 1. The summed E-state index contributed by atoms with van der Waals surface area (Å²) in [5.41, 5.74) is 4.05. The van der Waals surface area contributed by atoms with Gasteiger partial charge in [0.05, 0.1) is 36.4 Å². The van der Waals surface area contributed by atoms with Crippen molar-refractivity contribution in [3.05, 3.63) is 65.9 Å². The van der Waals surface area contributed by atoms with E-state index >= 15 is 0 Å². The number of benzene rings is 2. The topological polar surface area (TPSA) is 56.5 Å². The zero-order valence-electron chi connectivity index (χ0n) is 21.3. The summed E-state index contributed by atoms with van der Waals surface area (Å²) in [5.74, 6) is 0.800. The van der Waals surface area contributed by atoms with E-state index in [1.54, 1.807) is 7.11 Å². The molecule has 0 radical (unpaired) electrons. The van der Waals surface area contributed by atoms with Gasteiger partial charge in [0, 0.05) is 5.56 Å². The lowest BCUT2D eigenvalue weighted by atomic mass is 9.80. The number of methoxy groups -OCH3 is 1. The molecule has 1 heterocycles. The van der Waals surface area contributed by atoms with Crippen LogP contribution in [0.3, 0.4) is 0 Å². The Morgan fingerprint density at radius 3 is 2.21 bits per heavy atom. The molecule has 0 amide bonds. The molecule has 1 N–H and O–H groups in total. The van der Waals surface area contributed by atoms with Crippen LogP contribution in [0.2, 0.25) is 0 Å². The van der Waals surface area contributed by atoms with E-state index in [1.807, 2.05) is 35.0 Å². The highest BCUT2D eigenvalue weighted by molar-refractivity contribution is 5.63. The predicted molar refractivity (Wildman–Crippen MR) is 136 cm³/mol. The van der Waals surface area contributed by atoms with E-state index in [1.165, 1.54) is 5.56 Å². The van der Waals surface area contributed by atoms with Crippen LogP contribution < -0.4 is 4.74 Å². The van der Waals surface area contributed by atoms with Crippen LogP contribution in [0, 0.1) is 12.3 Å². The monoisotopic (exact) mass is 462 g/mol. The van der Waals surface area contributed by atoms with Gasteiger partial charge in [-0.3, -0.25) is 0 Å². The number of rotatable bonds is 6. The summed E-state index contributed by atoms with van der Waals surface area (Å²) in [7, 11) is 1.66. The highest BCUT2D eigenvalue weighted by Gasteiger charge is 2.39. The number of nitrogens with zero attached hydrogens (tertiary/aromatic N) is 2. The smallest absolute Gasteiger partial charge is 0.119 e. The molecular formula is C29H38N2O3. The normalized spacial score (nSPS) is 21.9. The molecule has 0 aliphatic heterocycles. The molecule has 1 unspecified atom stereocenters. The van der Waals surface area contributed by atoms with Crippen molar-refractivity contribution in [2.24, 2.45) is 5.41 Å². The van der Waals surface area contributed by atoms with Crippen molar-refractivity contribution in [1.29, 1.82) is 0 Å². The van der Waals surface area contributed by atoms with Crippen molar-refractivity contribution in [2.75, 3.05) is 7.11 Å². The predicted octanol–water partition coefficient (Wildman–Crippen LogP) is 6.44. The maximum absolute atomic E-state index is 11.7. The van der Waals surface area contributed by atoms with E-state index in [4.69, 9.17) is 14.6 Å². The molecule has 1 aliphatic rings. The Balaban J connectivity index is 1.62. The second kappa shape index (κ2) is 9.55. The van der Waals surface area contributed by atoms with E-state index in [9.17, 15) is 5.11 Å². The van der Waals surface area contributed by atoms with Crippen LogP contribution in [0.25, 0.3) is 16.9 Å². The van der Waals surface area contributed by atoms with Gasteiger partial charge in [-0.1, -0.05) is 50.6 Å². The van der Waals surface area contributed by atoms with Crippen LogP contribution >= 0.6 is 0 Å². The summed E-state index contributed by atoms with van der Waals surface area (Å²) in [6.45, 7) is 10.8. The van der Waals surface area contributed by atoms with E-state index in [-0.39, 0.29) is 17.6 Å². The first kappa shape index (κ1) is 24.5. The Morgan fingerprint density at radius 1 is 1.03 bits per heavy atom. The van der Waals surface area contributed by atoms with Gasteiger partial charge in [0.25, 0.3) is 0 Å². The maximum atomic E-state index is 11.7. The molecule has 4 rings (SSSR count). The average Bonchev–Trinajstić information content (AvgIpc) is 3.27. The highest BCUT2D eigenvalue weighted by atomic mass is 16.5. The number of hydrogen-bond acceptors (Lipinski definition) is 4. The van der Waals surface area contributed by atoms with Crippen molar-refractivity contribution in [2.45, 2.75) is 78.1 Å². The average molecular weight is 463 g/mol. The summed E-state index contributed by atoms with van der Waals surface area (Å²) in [4.78, 5) is 0. The van der Waals surface area contributed by atoms with Gasteiger partial charge < -0.3 is 14.6 Å². The molecule has 5 heteroatoms. The van der Waals surface area contributed by atoms with E-state index in [0.717, 1.165) is 41.2 Å². The molecule has 3 aromatic rings. The van der Waals surface area contributed by atoms with Crippen molar-refractivity contribution < 1.29 is 14.6 Å². The summed E-state index contributed by atoms with van der Waals surface area (Å²) in [6.07, 6.45) is 3.28. The largest absolute Gasteiger partial charge is 0.497 e. The summed E-state index contributed by atoms with van der Waals surface area (Å²) < 4.78 is 13.6. The fourth-order valence-electron chi connectivity index (χ4n) is 4.41. The maximum Gasteiger partial charge on any atom is 0.119 e. The summed E-state index contributed by atoms with van der Waals surface area (Å²) in [5, 5.41) is 16.6. The van der Waals surface area contributed by atoms with Gasteiger partial charge >= 0.3 is 0 Å². The van der Waals surface area contributed by atoms with Gasteiger partial charge in [-0.2, -0.15) is 5.10 Å². The molecule has 0 spiro atoms. The van der Waals surface area contributed by atoms with Crippen LogP contribution in [0.15, 0.2) is 54.6 Å². The second-order valence-corrected chi connectivity index (χ2v) is 10.8. The van der Waals surface area contributed by atoms with Gasteiger partial charge in [-0.25, -0.2) is 4.68 Å². The molecule has 1 fully saturated rings. The van der Waals surface area contributed by atoms with Gasteiger partial charge in [0.15, 0.2) is 0 Å². The molecule has 5 nitrogen and oxygen atoms in total. The van der Waals surface area contributed by atoms with Gasteiger partial charge in [-0.15, -0.1) is 0 Å². The Hall–Kier alpha value is -2.63. The lowest BCUT2D eigenvalue weighted by Gasteiger charge is -2.38. The van der Waals surface area contributed by atoms with Crippen LogP contribution in [0.1, 0.15) is 64.6 Å². The fraction of sp³-hybridized carbons (Fsp3) is 0.483. The van der Waals surface area contributed by atoms with Crippen molar-refractivity contribution in [1.82, 2.24) is 9.78 Å². The molecule has 1 saturated carbocycles. The highest BCUT2D eigenvalue weighted by Crippen LogP contribution is 2.40. The molecular weight excluding hydrogens is 424 g/mol. The number of hydrogen-bond donors (Lipinski definition) is 1. The Bertz CT molecular complexity index is 1090. The van der Waals surface area contributed by atoms with Gasteiger partial charge in [0.2, 0.25) is 0 Å². The third-order valence-corrected chi connectivity index (χ3v) is 7.23. The third kappa shape index (κ3) is 5.21. The zero-order chi connectivity index (χ0) is 24.5. The number of aliphatic hydroxyl groups is 1. The second-order valence-electron chi connectivity index (χ2n) is 10.8. The van der Waals surface area contributed by atoms with E-state index in [2.05, 4.69) is 58.9 Å². The van der Waals surface area contributed by atoms with Crippen molar-refractivity contribution >= 4 is 0 Å². The van der Waals surface area contributed by atoms with E-state index in [0.29, 0.717) is 12.8 Å². The molecule has 1 atom stereocenters.